The number of carbonyl (C=O) groups is 1. The lowest BCUT2D eigenvalue weighted by Crippen LogP contribution is -2.35. The highest BCUT2D eigenvalue weighted by Crippen LogP contribution is 2.24. The van der Waals surface area contributed by atoms with Crippen LogP contribution in [0.15, 0.2) is 18.2 Å². The Bertz CT molecular complexity index is 438. The number of nitrogens with one attached hydrogen (secondary N) is 1. The zero-order valence-corrected chi connectivity index (χ0v) is 13.5. The van der Waals surface area contributed by atoms with Crippen LogP contribution in [0.25, 0.3) is 0 Å². The first-order valence-electron chi connectivity index (χ1n) is 7.38. The van der Waals surface area contributed by atoms with Gasteiger partial charge in [0.15, 0.2) is 0 Å². The molecule has 0 saturated heterocycles. The summed E-state index contributed by atoms with van der Waals surface area (Å²) in [5, 5.41) is 3.33. The largest absolute Gasteiger partial charge is 0.458 e. The molecule has 0 aliphatic carbocycles. The summed E-state index contributed by atoms with van der Waals surface area (Å²) in [4.78, 5) is 12.1. The number of ether oxygens (including phenoxy) is 1. The number of hydrogen-bond acceptors (Lipinski definition) is 3. The molecule has 1 rings (SSSR count). The summed E-state index contributed by atoms with van der Waals surface area (Å²) in [6, 6.07) is 5.92. The number of benzene rings is 1. The normalized spacial score (nSPS) is 12.9. The van der Waals surface area contributed by atoms with Crippen molar-refractivity contribution in [2.45, 2.75) is 66.0 Å². The zero-order chi connectivity index (χ0) is 15.3. The Balaban J connectivity index is 2.90. The number of hydrogen-bond donors (Lipinski definition) is 1. The van der Waals surface area contributed by atoms with Crippen molar-refractivity contribution in [3.63, 3.8) is 0 Å². The van der Waals surface area contributed by atoms with Crippen LogP contribution in [0.5, 0.6) is 0 Å². The molecule has 0 radical (unpaired) electrons. The van der Waals surface area contributed by atoms with Crippen LogP contribution in [0.2, 0.25) is 0 Å². The maximum Gasteiger partial charge on any atom is 0.328 e. The maximum atomic E-state index is 12.1. The molecule has 0 aliphatic heterocycles. The fraction of sp³-hybridized carbons (Fsp3) is 0.588. The first-order chi connectivity index (χ1) is 9.28. The molecule has 0 spiro atoms. The Kier molecular flexibility index (Phi) is 5.61. The summed E-state index contributed by atoms with van der Waals surface area (Å²) in [5.74, 6) is -0.217. The topological polar surface area (TPSA) is 38.3 Å². The molecule has 1 aromatic rings. The van der Waals surface area contributed by atoms with Gasteiger partial charge in [-0.1, -0.05) is 32.0 Å². The molecule has 0 saturated carbocycles. The molecule has 3 heteroatoms. The van der Waals surface area contributed by atoms with Crippen LogP contribution in [-0.4, -0.2) is 17.6 Å². The number of anilines is 1. The van der Waals surface area contributed by atoms with Crippen molar-refractivity contribution in [3.05, 3.63) is 29.3 Å². The molecule has 0 heterocycles. The van der Waals surface area contributed by atoms with Crippen LogP contribution in [0, 0.1) is 0 Å². The van der Waals surface area contributed by atoms with Gasteiger partial charge in [-0.3, -0.25) is 0 Å². The first-order valence-corrected chi connectivity index (χ1v) is 7.38. The van der Waals surface area contributed by atoms with E-state index in [4.69, 9.17) is 4.74 Å². The van der Waals surface area contributed by atoms with Crippen LogP contribution in [0.1, 0.15) is 52.7 Å². The molecule has 1 unspecified atom stereocenters. The molecule has 0 bridgehead atoms. The van der Waals surface area contributed by atoms with Gasteiger partial charge < -0.3 is 10.1 Å². The molecule has 1 atom stereocenters. The van der Waals surface area contributed by atoms with Crippen LogP contribution in [0.4, 0.5) is 5.69 Å². The third kappa shape index (κ3) is 4.55. The zero-order valence-electron chi connectivity index (χ0n) is 13.5. The predicted octanol–water partition coefficient (Wildman–Crippen LogP) is 3.95. The number of rotatable bonds is 5. The van der Waals surface area contributed by atoms with Crippen molar-refractivity contribution in [1.82, 2.24) is 0 Å². The summed E-state index contributed by atoms with van der Waals surface area (Å²) < 4.78 is 5.42. The monoisotopic (exact) mass is 277 g/mol. The Hall–Kier alpha value is -1.51. The maximum absolute atomic E-state index is 12.1. The third-order valence-electron chi connectivity index (χ3n) is 3.12. The van der Waals surface area contributed by atoms with Gasteiger partial charge in [0.05, 0.1) is 0 Å². The molecule has 0 aromatic heterocycles. The highest BCUT2D eigenvalue weighted by Gasteiger charge is 2.22. The van der Waals surface area contributed by atoms with Gasteiger partial charge in [0.2, 0.25) is 0 Å². The van der Waals surface area contributed by atoms with E-state index < -0.39 is 5.60 Å². The second-order valence-electron chi connectivity index (χ2n) is 6.06. The van der Waals surface area contributed by atoms with Crippen molar-refractivity contribution < 1.29 is 9.53 Å². The van der Waals surface area contributed by atoms with Crippen molar-refractivity contribution in [2.75, 3.05) is 5.32 Å². The van der Waals surface area contributed by atoms with E-state index in [-0.39, 0.29) is 12.0 Å². The molecule has 1 N–H and O–H groups in total. The molecular formula is C17H27NO2. The van der Waals surface area contributed by atoms with Gasteiger partial charge >= 0.3 is 5.97 Å². The van der Waals surface area contributed by atoms with Crippen LogP contribution in [0.3, 0.4) is 0 Å². The second kappa shape index (κ2) is 6.78. The summed E-state index contributed by atoms with van der Waals surface area (Å²) >= 11 is 0. The van der Waals surface area contributed by atoms with E-state index >= 15 is 0 Å². The summed E-state index contributed by atoms with van der Waals surface area (Å²) in [6.45, 7) is 11.7. The summed E-state index contributed by atoms with van der Waals surface area (Å²) in [5.41, 5.74) is 3.10. The lowest BCUT2D eigenvalue weighted by molar-refractivity contribution is -0.155. The van der Waals surface area contributed by atoms with Gasteiger partial charge in [0, 0.05) is 5.69 Å². The third-order valence-corrected chi connectivity index (χ3v) is 3.12. The van der Waals surface area contributed by atoms with E-state index in [9.17, 15) is 4.79 Å². The molecular weight excluding hydrogens is 250 g/mol. The van der Waals surface area contributed by atoms with Crippen LogP contribution < -0.4 is 5.32 Å². The van der Waals surface area contributed by atoms with Crippen LogP contribution >= 0.6 is 0 Å². The van der Waals surface area contributed by atoms with Crippen molar-refractivity contribution >= 4 is 11.7 Å². The van der Waals surface area contributed by atoms with Gasteiger partial charge in [0.25, 0.3) is 0 Å². The Morgan fingerprint density at radius 1 is 1.20 bits per heavy atom. The average molecular weight is 277 g/mol. The van der Waals surface area contributed by atoms with Gasteiger partial charge in [0.1, 0.15) is 11.6 Å². The van der Waals surface area contributed by atoms with E-state index in [1.54, 1.807) is 0 Å². The van der Waals surface area contributed by atoms with Crippen molar-refractivity contribution in [3.8, 4) is 0 Å². The molecule has 0 fully saturated rings. The minimum absolute atomic E-state index is 0.217. The Morgan fingerprint density at radius 2 is 1.70 bits per heavy atom. The predicted molar refractivity (Wildman–Crippen MR) is 84.1 cm³/mol. The van der Waals surface area contributed by atoms with E-state index in [0.717, 1.165) is 18.5 Å². The molecule has 112 valence electrons. The van der Waals surface area contributed by atoms with Crippen molar-refractivity contribution in [2.24, 2.45) is 0 Å². The second-order valence-corrected chi connectivity index (χ2v) is 6.06. The van der Waals surface area contributed by atoms with E-state index in [1.165, 1.54) is 11.1 Å². The lowest BCUT2D eigenvalue weighted by Gasteiger charge is -2.24. The van der Waals surface area contributed by atoms with E-state index in [2.05, 4.69) is 37.4 Å². The average Bonchev–Trinajstić information content (AvgIpc) is 2.36. The smallest absolute Gasteiger partial charge is 0.328 e. The van der Waals surface area contributed by atoms with Gasteiger partial charge in [-0.25, -0.2) is 4.79 Å². The standard InChI is InChI=1S/C17H27NO2/c1-7-13-10-9-11-14(8-2)15(13)18-12(3)16(19)20-17(4,5)6/h9-12,18H,7-8H2,1-6H3. The molecule has 3 nitrogen and oxygen atoms in total. The van der Waals surface area contributed by atoms with Gasteiger partial charge in [-0.2, -0.15) is 0 Å². The Labute approximate surface area is 122 Å². The minimum Gasteiger partial charge on any atom is -0.458 e. The summed E-state index contributed by atoms with van der Waals surface area (Å²) in [7, 11) is 0. The molecule has 1 aromatic carbocycles. The first kappa shape index (κ1) is 16.5. The van der Waals surface area contributed by atoms with Gasteiger partial charge in [-0.05, 0) is 51.7 Å². The molecule has 20 heavy (non-hydrogen) atoms. The highest BCUT2D eigenvalue weighted by atomic mass is 16.6. The number of carbonyl (C=O) groups excluding carboxylic acids is 1. The van der Waals surface area contributed by atoms with E-state index in [0.29, 0.717) is 0 Å². The SMILES string of the molecule is CCc1cccc(CC)c1NC(C)C(=O)OC(C)(C)C. The quantitative estimate of drug-likeness (QED) is 0.828. The van der Waals surface area contributed by atoms with Gasteiger partial charge in [-0.15, -0.1) is 0 Å². The molecule has 0 amide bonds. The number of esters is 1. The fourth-order valence-electron chi connectivity index (χ4n) is 2.09. The summed E-state index contributed by atoms with van der Waals surface area (Å²) in [6.07, 6.45) is 1.88. The van der Waals surface area contributed by atoms with E-state index in [1.807, 2.05) is 27.7 Å². The van der Waals surface area contributed by atoms with Crippen molar-refractivity contribution in [1.29, 1.82) is 0 Å². The van der Waals surface area contributed by atoms with Crippen LogP contribution in [-0.2, 0) is 22.4 Å². The number of para-hydroxylation sites is 1. The lowest BCUT2D eigenvalue weighted by atomic mass is 10.0. The minimum atomic E-state index is -0.453. The fourth-order valence-corrected chi connectivity index (χ4v) is 2.09. The highest BCUT2D eigenvalue weighted by molar-refractivity contribution is 5.80. The Morgan fingerprint density at radius 3 is 2.10 bits per heavy atom. The number of aryl methyl sites for hydroxylation is 2. The molecule has 0 aliphatic rings.